The first kappa shape index (κ1) is 34.4. The van der Waals surface area contributed by atoms with E-state index < -0.39 is 39.3 Å². The third-order valence-electron chi connectivity index (χ3n) is 6.98. The maximum absolute atomic E-state index is 14.4. The number of halogens is 2. The summed E-state index contributed by atoms with van der Waals surface area (Å²) in [6.07, 6.45) is 0.120. The molecule has 4 aromatic carbocycles. The SMILES string of the molecule is CC(C)NC(=O)[C@H](Cc1ccccc1)N(Cc1ccc(Cl)c(Cl)c1)C(=O)CN(c1cccc([N+](=O)[O-])c1)S(=O)(=O)c1ccccc1. The van der Waals surface area contributed by atoms with Gasteiger partial charge in [-0.25, -0.2) is 8.42 Å². The summed E-state index contributed by atoms with van der Waals surface area (Å²) in [6, 6.07) is 25.0. The quantitative estimate of drug-likeness (QED) is 0.131. The number of nitro groups is 1. The molecule has 13 heteroatoms. The second-order valence-electron chi connectivity index (χ2n) is 10.7. The van der Waals surface area contributed by atoms with Crippen LogP contribution in [-0.2, 0) is 32.6 Å². The average Bonchev–Trinajstić information content (AvgIpc) is 3.03. The molecule has 240 valence electrons. The molecule has 0 aliphatic rings. The van der Waals surface area contributed by atoms with Gasteiger partial charge < -0.3 is 10.2 Å². The summed E-state index contributed by atoms with van der Waals surface area (Å²) in [6.45, 7) is 2.70. The number of non-ortho nitro benzene ring substituents is 1. The van der Waals surface area contributed by atoms with Crippen molar-refractivity contribution in [2.24, 2.45) is 0 Å². The number of nitrogens with one attached hydrogen (secondary N) is 1. The van der Waals surface area contributed by atoms with Crippen LogP contribution in [-0.4, -0.2) is 48.7 Å². The topological polar surface area (TPSA) is 130 Å². The Morgan fingerprint density at radius 3 is 2.11 bits per heavy atom. The van der Waals surface area contributed by atoms with Crippen molar-refractivity contribution in [2.45, 2.75) is 43.8 Å². The van der Waals surface area contributed by atoms with E-state index in [4.69, 9.17) is 23.2 Å². The molecule has 46 heavy (non-hydrogen) atoms. The summed E-state index contributed by atoms with van der Waals surface area (Å²) < 4.78 is 28.9. The Hall–Kier alpha value is -4.45. The van der Waals surface area contributed by atoms with Crippen molar-refractivity contribution in [3.05, 3.63) is 134 Å². The lowest BCUT2D eigenvalue weighted by atomic mass is 10.0. The van der Waals surface area contributed by atoms with E-state index in [-0.39, 0.29) is 40.3 Å². The number of benzene rings is 4. The molecule has 0 aromatic heterocycles. The molecular formula is C33H32Cl2N4O6S. The molecule has 4 rings (SSSR count). The van der Waals surface area contributed by atoms with E-state index in [1.807, 2.05) is 30.3 Å². The van der Waals surface area contributed by atoms with Crippen LogP contribution >= 0.6 is 23.2 Å². The third kappa shape index (κ3) is 8.63. The van der Waals surface area contributed by atoms with Gasteiger partial charge >= 0.3 is 0 Å². The van der Waals surface area contributed by atoms with Gasteiger partial charge in [-0.05, 0) is 55.3 Å². The van der Waals surface area contributed by atoms with Gasteiger partial charge in [0.05, 0.1) is 25.6 Å². The number of sulfonamides is 1. The van der Waals surface area contributed by atoms with E-state index in [0.717, 1.165) is 15.9 Å². The fraction of sp³-hybridized carbons (Fsp3) is 0.212. The molecule has 4 aromatic rings. The largest absolute Gasteiger partial charge is 0.352 e. The summed E-state index contributed by atoms with van der Waals surface area (Å²) in [5.41, 5.74) is 0.869. The van der Waals surface area contributed by atoms with Gasteiger partial charge in [-0.2, -0.15) is 0 Å². The fourth-order valence-corrected chi connectivity index (χ4v) is 6.53. The van der Waals surface area contributed by atoms with Crippen LogP contribution in [0.4, 0.5) is 11.4 Å². The van der Waals surface area contributed by atoms with E-state index in [2.05, 4.69) is 5.32 Å². The predicted octanol–water partition coefficient (Wildman–Crippen LogP) is 6.26. The van der Waals surface area contributed by atoms with Crippen molar-refractivity contribution in [1.82, 2.24) is 10.2 Å². The first-order chi connectivity index (χ1) is 21.9. The summed E-state index contributed by atoms with van der Waals surface area (Å²) in [4.78, 5) is 40.3. The lowest BCUT2D eigenvalue weighted by molar-refractivity contribution is -0.384. The monoisotopic (exact) mass is 682 g/mol. The normalized spacial score (nSPS) is 11.9. The number of nitro benzene ring substituents is 1. The minimum Gasteiger partial charge on any atom is -0.352 e. The van der Waals surface area contributed by atoms with E-state index in [0.29, 0.717) is 10.6 Å². The van der Waals surface area contributed by atoms with Gasteiger partial charge in [0, 0.05) is 31.1 Å². The maximum atomic E-state index is 14.4. The van der Waals surface area contributed by atoms with E-state index in [1.165, 1.54) is 47.4 Å². The average molecular weight is 684 g/mol. The standard InChI is InChI=1S/C33H32Cl2N4O6S/c1-23(2)36-33(41)31(19-24-10-5-3-6-11-24)37(21-25-16-17-29(34)30(35)18-25)32(40)22-38(26-12-9-13-27(20-26)39(42)43)46(44,45)28-14-7-4-8-15-28/h3-18,20,23,31H,19,21-22H2,1-2H3,(H,36,41)/t31-/m0/s1. The molecule has 0 spiro atoms. The van der Waals surface area contributed by atoms with Crippen LogP contribution in [0.1, 0.15) is 25.0 Å². The molecule has 1 N–H and O–H groups in total. The molecule has 0 bridgehead atoms. The van der Waals surface area contributed by atoms with Gasteiger partial charge in [0.25, 0.3) is 15.7 Å². The van der Waals surface area contributed by atoms with E-state index in [1.54, 1.807) is 38.1 Å². The molecule has 0 saturated heterocycles. The van der Waals surface area contributed by atoms with Gasteiger partial charge in [0.15, 0.2) is 0 Å². The third-order valence-corrected chi connectivity index (χ3v) is 9.50. The molecule has 0 saturated carbocycles. The number of hydrogen-bond donors (Lipinski definition) is 1. The number of rotatable bonds is 13. The second kappa shape index (κ2) is 15.2. The molecular weight excluding hydrogens is 651 g/mol. The first-order valence-corrected chi connectivity index (χ1v) is 16.5. The van der Waals surface area contributed by atoms with Crippen molar-refractivity contribution >= 4 is 56.4 Å². The first-order valence-electron chi connectivity index (χ1n) is 14.3. The lowest BCUT2D eigenvalue weighted by Crippen LogP contribution is -2.54. The minimum absolute atomic E-state index is 0.0906. The lowest BCUT2D eigenvalue weighted by Gasteiger charge is -2.34. The molecule has 0 aliphatic heterocycles. The number of amides is 2. The zero-order valence-corrected chi connectivity index (χ0v) is 27.4. The number of carbonyl (C=O) groups is 2. The zero-order valence-electron chi connectivity index (χ0n) is 25.0. The highest BCUT2D eigenvalue weighted by Gasteiger charge is 2.35. The second-order valence-corrected chi connectivity index (χ2v) is 13.4. The van der Waals surface area contributed by atoms with Crippen molar-refractivity contribution in [3.63, 3.8) is 0 Å². The number of anilines is 1. The van der Waals surface area contributed by atoms with Gasteiger partial charge in [-0.3, -0.25) is 24.0 Å². The predicted molar refractivity (Wildman–Crippen MR) is 178 cm³/mol. The van der Waals surface area contributed by atoms with Crippen LogP contribution in [0.2, 0.25) is 10.0 Å². The number of nitrogens with zero attached hydrogens (tertiary/aromatic N) is 3. The summed E-state index contributed by atoms with van der Waals surface area (Å²) in [7, 11) is -4.41. The molecule has 10 nitrogen and oxygen atoms in total. The van der Waals surface area contributed by atoms with Crippen LogP contribution in [0, 0.1) is 10.1 Å². The number of hydrogen-bond acceptors (Lipinski definition) is 6. The van der Waals surface area contributed by atoms with Crippen molar-refractivity contribution in [2.75, 3.05) is 10.8 Å². The van der Waals surface area contributed by atoms with Crippen molar-refractivity contribution < 1.29 is 22.9 Å². The van der Waals surface area contributed by atoms with Crippen molar-refractivity contribution in [3.8, 4) is 0 Å². The highest BCUT2D eigenvalue weighted by molar-refractivity contribution is 7.92. The zero-order chi connectivity index (χ0) is 33.4. The highest BCUT2D eigenvalue weighted by atomic mass is 35.5. The molecule has 0 heterocycles. The van der Waals surface area contributed by atoms with Crippen molar-refractivity contribution in [1.29, 1.82) is 0 Å². The van der Waals surface area contributed by atoms with Gasteiger partial charge in [-0.15, -0.1) is 0 Å². The van der Waals surface area contributed by atoms with E-state index >= 15 is 0 Å². The van der Waals surface area contributed by atoms with Crippen LogP contribution in [0.3, 0.4) is 0 Å². The van der Waals surface area contributed by atoms with Gasteiger partial charge in [0.1, 0.15) is 12.6 Å². The molecule has 0 fully saturated rings. The molecule has 2 amide bonds. The van der Waals surface area contributed by atoms with Crippen LogP contribution in [0.25, 0.3) is 0 Å². The van der Waals surface area contributed by atoms with Gasteiger partial charge in [-0.1, -0.05) is 83.9 Å². The maximum Gasteiger partial charge on any atom is 0.271 e. The van der Waals surface area contributed by atoms with Crippen LogP contribution in [0.5, 0.6) is 0 Å². The minimum atomic E-state index is -4.41. The Kier molecular flexibility index (Phi) is 11.4. The summed E-state index contributed by atoms with van der Waals surface area (Å²) in [5.74, 6) is -1.17. The smallest absolute Gasteiger partial charge is 0.271 e. The highest BCUT2D eigenvalue weighted by Crippen LogP contribution is 2.29. The molecule has 0 radical (unpaired) electrons. The van der Waals surface area contributed by atoms with Gasteiger partial charge in [0.2, 0.25) is 11.8 Å². The summed E-state index contributed by atoms with van der Waals surface area (Å²) >= 11 is 12.4. The Bertz CT molecular complexity index is 1810. The fourth-order valence-electron chi connectivity index (χ4n) is 4.78. The Morgan fingerprint density at radius 1 is 0.848 bits per heavy atom. The molecule has 1 atom stereocenters. The Morgan fingerprint density at radius 2 is 1.50 bits per heavy atom. The van der Waals surface area contributed by atoms with Crippen LogP contribution in [0.15, 0.2) is 108 Å². The summed E-state index contributed by atoms with van der Waals surface area (Å²) in [5, 5.41) is 15.0. The van der Waals surface area contributed by atoms with Crippen LogP contribution < -0.4 is 9.62 Å². The molecule has 0 aliphatic carbocycles. The Labute approximate surface area is 277 Å². The van der Waals surface area contributed by atoms with E-state index in [9.17, 15) is 28.1 Å². The number of carbonyl (C=O) groups excluding carboxylic acids is 2. The molecule has 0 unspecified atom stereocenters. The Balaban J connectivity index is 1.84.